The van der Waals surface area contributed by atoms with Crippen molar-refractivity contribution in [1.29, 1.82) is 0 Å². The van der Waals surface area contributed by atoms with Crippen LogP contribution in [0, 0.1) is 13.1 Å². The van der Waals surface area contributed by atoms with E-state index < -0.39 is 16.1 Å². The Kier molecular flexibility index (Phi) is 4.15. The Labute approximate surface area is 144 Å². The lowest BCUT2D eigenvalue weighted by Gasteiger charge is -2.04. The second kappa shape index (κ2) is 6.15. The molecule has 1 radical (unpaired) electrons. The van der Waals surface area contributed by atoms with Gasteiger partial charge in [-0.15, -0.1) is 0 Å². The zero-order chi connectivity index (χ0) is 18.2. The molecule has 3 rings (SSSR count). The van der Waals surface area contributed by atoms with Crippen molar-refractivity contribution in [3.05, 3.63) is 60.3 Å². The molecule has 8 heteroatoms. The van der Waals surface area contributed by atoms with Gasteiger partial charge in [-0.1, -0.05) is 42.0 Å². The van der Waals surface area contributed by atoms with Gasteiger partial charge in [0.25, 0.3) is 0 Å². The van der Waals surface area contributed by atoms with Crippen LogP contribution < -0.4 is 5.14 Å². The van der Waals surface area contributed by atoms with Crippen molar-refractivity contribution in [2.45, 2.75) is 11.8 Å². The van der Waals surface area contributed by atoms with Crippen LogP contribution in [-0.4, -0.2) is 29.4 Å². The van der Waals surface area contributed by atoms with Crippen LogP contribution in [0.25, 0.3) is 22.4 Å². The molecule has 0 atom stereocenters. The Bertz CT molecular complexity index is 1040. The molecule has 0 saturated carbocycles. The lowest BCUT2D eigenvalue weighted by atomic mass is 10.0. The average molecular weight is 356 g/mol. The number of hydrogen-bond donors (Lipinski definition) is 2. The molecule has 3 N–H and O–H groups in total. The first-order valence-electron chi connectivity index (χ1n) is 7.21. The van der Waals surface area contributed by atoms with Crippen LogP contribution in [-0.2, 0) is 10.0 Å². The molecule has 0 aliphatic rings. The average Bonchev–Trinajstić information content (AvgIpc) is 3.00. The van der Waals surface area contributed by atoms with Gasteiger partial charge < -0.3 is 5.11 Å². The summed E-state index contributed by atoms with van der Waals surface area (Å²) >= 11 is 0. The number of aromatic nitrogens is 2. The van der Waals surface area contributed by atoms with E-state index in [1.165, 1.54) is 24.3 Å². The highest BCUT2D eigenvalue weighted by Gasteiger charge is 2.17. The predicted molar refractivity (Wildman–Crippen MR) is 91.5 cm³/mol. The molecular formula is C17H14N3O4S. The van der Waals surface area contributed by atoms with Crippen LogP contribution in [0.1, 0.15) is 5.56 Å². The van der Waals surface area contributed by atoms with Crippen molar-refractivity contribution >= 4 is 16.1 Å². The molecule has 0 unspecified atom stereocenters. The fraction of sp³-hybridized carbons (Fsp3) is 0.0588. The number of rotatable bonds is 3. The largest absolute Gasteiger partial charge is 0.463 e. The van der Waals surface area contributed by atoms with Crippen LogP contribution in [0.4, 0.5) is 4.79 Å². The van der Waals surface area contributed by atoms with E-state index in [0.29, 0.717) is 21.5 Å². The summed E-state index contributed by atoms with van der Waals surface area (Å²) in [6, 6.07) is 13.2. The molecule has 0 fully saturated rings. The molecule has 1 aromatic heterocycles. The molecule has 0 saturated heterocycles. The van der Waals surface area contributed by atoms with Gasteiger partial charge in [0.05, 0.1) is 4.90 Å². The van der Waals surface area contributed by atoms with E-state index >= 15 is 0 Å². The van der Waals surface area contributed by atoms with Crippen molar-refractivity contribution < 1.29 is 18.3 Å². The smallest absolute Gasteiger partial charge is 0.432 e. The summed E-state index contributed by atoms with van der Waals surface area (Å²) in [5.41, 5.74) is 3.26. The monoisotopic (exact) mass is 356 g/mol. The van der Waals surface area contributed by atoms with Gasteiger partial charge in [-0.3, -0.25) is 0 Å². The molecule has 3 aromatic rings. The lowest BCUT2D eigenvalue weighted by molar-refractivity contribution is 0.192. The van der Waals surface area contributed by atoms with E-state index in [1.54, 1.807) is 0 Å². The summed E-state index contributed by atoms with van der Waals surface area (Å²) in [5, 5.41) is 18.3. The predicted octanol–water partition coefficient (Wildman–Crippen LogP) is 2.50. The second-order valence-electron chi connectivity index (χ2n) is 5.47. The highest BCUT2D eigenvalue weighted by atomic mass is 32.2. The Morgan fingerprint density at radius 2 is 1.64 bits per heavy atom. The van der Waals surface area contributed by atoms with Crippen molar-refractivity contribution in [1.82, 2.24) is 9.78 Å². The van der Waals surface area contributed by atoms with E-state index in [0.717, 1.165) is 11.1 Å². The van der Waals surface area contributed by atoms with Crippen molar-refractivity contribution in [2.75, 3.05) is 0 Å². The standard InChI is InChI=1S/C17H14N3O4S/c1-11-2-4-12(5-3-11)15-10-20(17(21)22)19-16(15)13-6-8-14(9-7-13)25(18,23)24/h2-9H,1H3,(H,21,22)(H2,18,23,24). The van der Waals surface area contributed by atoms with E-state index in [9.17, 15) is 18.3 Å². The molecular weight excluding hydrogens is 342 g/mol. The first-order chi connectivity index (χ1) is 11.8. The van der Waals surface area contributed by atoms with Gasteiger partial charge in [0.2, 0.25) is 10.0 Å². The first-order valence-corrected chi connectivity index (χ1v) is 8.76. The number of benzene rings is 2. The SMILES string of the molecule is Cc1ccc(-c2[c]n(C(=O)O)nc2-c2ccc(S(N)(=O)=O)cc2)cc1. The Morgan fingerprint density at radius 1 is 1.08 bits per heavy atom. The molecule has 0 aliphatic heterocycles. The van der Waals surface area contributed by atoms with E-state index in [4.69, 9.17) is 5.14 Å². The van der Waals surface area contributed by atoms with Crippen molar-refractivity contribution in [3.8, 4) is 22.4 Å². The van der Waals surface area contributed by atoms with Crippen LogP contribution >= 0.6 is 0 Å². The minimum absolute atomic E-state index is 0.0326. The zero-order valence-corrected chi connectivity index (χ0v) is 14.0. The van der Waals surface area contributed by atoms with Gasteiger partial charge in [-0.2, -0.15) is 9.78 Å². The second-order valence-corrected chi connectivity index (χ2v) is 7.03. The zero-order valence-electron chi connectivity index (χ0n) is 13.2. The maximum absolute atomic E-state index is 11.4. The summed E-state index contributed by atoms with van der Waals surface area (Å²) < 4.78 is 23.4. The van der Waals surface area contributed by atoms with Gasteiger partial charge in [0, 0.05) is 11.1 Å². The molecule has 0 amide bonds. The molecule has 2 aromatic carbocycles. The Morgan fingerprint density at radius 3 is 2.16 bits per heavy atom. The number of nitrogens with two attached hydrogens (primary N) is 1. The number of hydrogen-bond acceptors (Lipinski definition) is 4. The van der Waals surface area contributed by atoms with Crippen molar-refractivity contribution in [3.63, 3.8) is 0 Å². The lowest BCUT2D eigenvalue weighted by Crippen LogP contribution is -2.11. The molecule has 0 spiro atoms. The number of aryl methyl sites for hydroxylation is 1. The Balaban J connectivity index is 2.14. The summed E-state index contributed by atoms with van der Waals surface area (Å²) in [6.07, 6.45) is 1.46. The number of sulfonamides is 1. The van der Waals surface area contributed by atoms with Gasteiger partial charge in [-0.25, -0.2) is 18.4 Å². The molecule has 7 nitrogen and oxygen atoms in total. The highest BCUT2D eigenvalue weighted by molar-refractivity contribution is 7.89. The van der Waals surface area contributed by atoms with Gasteiger partial charge in [0.15, 0.2) is 0 Å². The normalized spacial score (nSPS) is 11.4. The van der Waals surface area contributed by atoms with Crippen molar-refractivity contribution in [2.24, 2.45) is 5.14 Å². The van der Waals surface area contributed by atoms with E-state index in [-0.39, 0.29) is 4.90 Å². The number of primary sulfonamides is 1. The molecule has 0 aliphatic carbocycles. The molecule has 25 heavy (non-hydrogen) atoms. The maximum atomic E-state index is 11.4. The number of nitrogens with zero attached hydrogens (tertiary/aromatic N) is 2. The third-order valence-corrected chi connectivity index (χ3v) is 4.56. The minimum atomic E-state index is -3.80. The minimum Gasteiger partial charge on any atom is -0.463 e. The maximum Gasteiger partial charge on any atom is 0.432 e. The van der Waals surface area contributed by atoms with Gasteiger partial charge in [0.1, 0.15) is 11.9 Å². The summed E-state index contributed by atoms with van der Waals surface area (Å²) in [5.74, 6) is 0. The van der Waals surface area contributed by atoms with Crippen LogP contribution in [0.2, 0.25) is 0 Å². The molecule has 127 valence electrons. The first kappa shape index (κ1) is 16.9. The highest BCUT2D eigenvalue weighted by Crippen LogP contribution is 2.31. The summed E-state index contributed by atoms with van der Waals surface area (Å²) in [6.45, 7) is 1.95. The number of carbonyl (C=O) groups is 1. The topological polar surface area (TPSA) is 115 Å². The Hall–Kier alpha value is -2.97. The van der Waals surface area contributed by atoms with E-state index in [2.05, 4.69) is 11.3 Å². The number of carboxylic acid groups (broad SMARTS) is 1. The summed E-state index contributed by atoms with van der Waals surface area (Å²) in [4.78, 5) is 11.2. The fourth-order valence-corrected chi connectivity index (χ4v) is 2.87. The fourth-order valence-electron chi connectivity index (χ4n) is 2.35. The summed E-state index contributed by atoms with van der Waals surface area (Å²) in [7, 11) is -3.80. The van der Waals surface area contributed by atoms with Crippen LogP contribution in [0.5, 0.6) is 0 Å². The quantitative estimate of drug-likeness (QED) is 0.748. The third kappa shape index (κ3) is 3.44. The third-order valence-electron chi connectivity index (χ3n) is 3.63. The van der Waals surface area contributed by atoms with Crippen LogP contribution in [0.15, 0.2) is 53.4 Å². The van der Waals surface area contributed by atoms with E-state index in [1.807, 2.05) is 31.2 Å². The molecule has 0 bridgehead atoms. The van der Waals surface area contributed by atoms with Gasteiger partial charge in [-0.05, 0) is 24.6 Å². The van der Waals surface area contributed by atoms with Crippen LogP contribution in [0.3, 0.4) is 0 Å². The molecule has 1 heterocycles. The van der Waals surface area contributed by atoms with Gasteiger partial charge >= 0.3 is 6.09 Å².